The normalized spacial score (nSPS) is 43.3. The average Bonchev–Trinajstić information content (AvgIpc) is 3.23. The van der Waals surface area contributed by atoms with Gasteiger partial charge in [0.05, 0.1) is 17.8 Å². The van der Waals surface area contributed by atoms with E-state index in [1.807, 2.05) is 25.1 Å². The molecule has 4 aliphatic rings. The molecule has 38 heavy (non-hydrogen) atoms. The maximum Gasteiger partial charge on any atom is 0.336 e. The quantitative estimate of drug-likeness (QED) is 0.365. The zero-order valence-electron chi connectivity index (χ0n) is 24.2. The molecule has 4 fully saturated rings. The van der Waals surface area contributed by atoms with Crippen molar-refractivity contribution in [2.75, 3.05) is 0 Å². The van der Waals surface area contributed by atoms with E-state index in [1.54, 1.807) is 6.07 Å². The minimum absolute atomic E-state index is 0.198. The Hall–Kier alpha value is -1.65. The Kier molecular flexibility index (Phi) is 7.63. The van der Waals surface area contributed by atoms with Gasteiger partial charge in [-0.1, -0.05) is 64.0 Å². The Bertz CT molecular complexity index is 1060. The summed E-state index contributed by atoms with van der Waals surface area (Å²) in [5, 5.41) is 32.1. The van der Waals surface area contributed by atoms with Crippen molar-refractivity contribution < 1.29 is 20.1 Å². The van der Waals surface area contributed by atoms with Gasteiger partial charge in [-0.05, 0) is 122 Å². The van der Waals surface area contributed by atoms with E-state index < -0.39 is 5.97 Å². The lowest BCUT2D eigenvalue weighted by Crippen LogP contribution is -2.62. The standard InChI is InChI=1S/C34H50O4/c1-6-24-29-19-23(35)14-16-34(29,5)28-15-17-33(4)26(12-13-27(33)30(28)31(24)36)21(3)8-7-9-22-11-10-20(2)18-25(22)32(37)38/h7,9-11,18,21,23-24,26-31,35-36H,6,8,12-17,19H2,1-5H3,(H,37,38)/b9-7+/t21-,23-,24-,26-,27?,28?,29+,30?,31?,33-,34-/m1/s1. The summed E-state index contributed by atoms with van der Waals surface area (Å²) in [6, 6.07) is 5.65. The van der Waals surface area contributed by atoms with Crippen LogP contribution in [0.5, 0.6) is 0 Å². The third-order valence-electron chi connectivity index (χ3n) is 12.4. The molecule has 0 heterocycles. The topological polar surface area (TPSA) is 77.8 Å². The summed E-state index contributed by atoms with van der Waals surface area (Å²) in [5.74, 6) is 2.54. The Morgan fingerprint density at radius 3 is 2.47 bits per heavy atom. The third-order valence-corrected chi connectivity index (χ3v) is 12.4. The van der Waals surface area contributed by atoms with Crippen molar-refractivity contribution >= 4 is 12.0 Å². The lowest BCUT2D eigenvalue weighted by Gasteiger charge is -2.64. The molecule has 5 rings (SSSR count). The smallest absolute Gasteiger partial charge is 0.336 e. The number of allylic oxidation sites excluding steroid dienone is 1. The predicted molar refractivity (Wildman–Crippen MR) is 153 cm³/mol. The molecule has 0 saturated heterocycles. The molecule has 4 heteroatoms. The van der Waals surface area contributed by atoms with Crippen molar-refractivity contribution in [1.82, 2.24) is 0 Å². The summed E-state index contributed by atoms with van der Waals surface area (Å²) in [4.78, 5) is 11.7. The van der Waals surface area contributed by atoms with Gasteiger partial charge in [-0.25, -0.2) is 4.79 Å². The third kappa shape index (κ3) is 4.48. The van der Waals surface area contributed by atoms with E-state index >= 15 is 0 Å². The van der Waals surface area contributed by atoms with Crippen molar-refractivity contribution in [3.8, 4) is 0 Å². The molecular formula is C34H50O4. The van der Waals surface area contributed by atoms with E-state index in [1.165, 1.54) is 25.7 Å². The molecule has 3 N–H and O–H groups in total. The number of fused-ring (bicyclic) bond motifs is 5. The highest BCUT2D eigenvalue weighted by Gasteiger charge is 2.64. The van der Waals surface area contributed by atoms with Gasteiger partial charge in [0.15, 0.2) is 0 Å². The van der Waals surface area contributed by atoms with Crippen LogP contribution in [0.4, 0.5) is 0 Å². The van der Waals surface area contributed by atoms with E-state index in [0.717, 1.165) is 43.2 Å². The van der Waals surface area contributed by atoms with Gasteiger partial charge in [-0.2, -0.15) is 0 Å². The first kappa shape index (κ1) is 27.9. The molecule has 0 radical (unpaired) electrons. The van der Waals surface area contributed by atoms with Crippen LogP contribution >= 0.6 is 0 Å². The number of hydrogen-bond donors (Lipinski definition) is 3. The predicted octanol–water partition coefficient (Wildman–Crippen LogP) is 7.36. The lowest BCUT2D eigenvalue weighted by molar-refractivity contribution is -0.203. The van der Waals surface area contributed by atoms with E-state index in [2.05, 4.69) is 33.8 Å². The first-order valence-corrected chi connectivity index (χ1v) is 15.4. The molecule has 0 bridgehead atoms. The molecule has 1 aromatic rings. The highest BCUT2D eigenvalue weighted by molar-refractivity contribution is 5.92. The zero-order valence-corrected chi connectivity index (χ0v) is 24.2. The fourth-order valence-corrected chi connectivity index (χ4v) is 10.5. The highest BCUT2D eigenvalue weighted by atomic mass is 16.4. The van der Waals surface area contributed by atoms with Gasteiger partial charge in [0.1, 0.15) is 0 Å². The molecule has 11 atom stereocenters. The first-order chi connectivity index (χ1) is 18.0. The SMILES string of the molecule is CC[C@H]1C(O)C2C3CC[C@H]([C@H](C)C/C=C/c4ccc(C)cc4C(=O)O)[C@@]3(C)CCC2[C@@]2(C)CC[C@@H](O)C[C@@H]12. The molecule has 0 aliphatic heterocycles. The Morgan fingerprint density at radius 1 is 1.05 bits per heavy atom. The van der Waals surface area contributed by atoms with Crippen LogP contribution in [0.1, 0.15) is 107 Å². The van der Waals surface area contributed by atoms with Crippen LogP contribution < -0.4 is 0 Å². The second-order valence-electron chi connectivity index (χ2n) is 14.1. The van der Waals surface area contributed by atoms with Gasteiger partial charge < -0.3 is 15.3 Å². The van der Waals surface area contributed by atoms with Gasteiger partial charge in [0.2, 0.25) is 0 Å². The van der Waals surface area contributed by atoms with Crippen LogP contribution in [-0.4, -0.2) is 33.5 Å². The van der Waals surface area contributed by atoms with Crippen LogP contribution in [0.2, 0.25) is 0 Å². The molecule has 0 amide bonds. The Labute approximate surface area is 229 Å². The molecule has 4 saturated carbocycles. The molecule has 1 aromatic carbocycles. The summed E-state index contributed by atoms with van der Waals surface area (Å²) in [5.41, 5.74) is 2.61. The minimum Gasteiger partial charge on any atom is -0.478 e. The van der Waals surface area contributed by atoms with E-state index in [4.69, 9.17) is 0 Å². The molecule has 0 spiro atoms. The van der Waals surface area contributed by atoms with Gasteiger partial charge in [-0.3, -0.25) is 0 Å². The maximum atomic E-state index is 11.9. The Morgan fingerprint density at radius 2 is 1.76 bits per heavy atom. The maximum absolute atomic E-state index is 11.9. The van der Waals surface area contributed by atoms with Crippen molar-refractivity contribution in [2.24, 2.45) is 52.3 Å². The number of rotatable bonds is 6. The number of aromatic carboxylic acids is 1. The average molecular weight is 523 g/mol. The largest absolute Gasteiger partial charge is 0.478 e. The summed E-state index contributed by atoms with van der Waals surface area (Å²) < 4.78 is 0. The first-order valence-electron chi connectivity index (χ1n) is 15.4. The second kappa shape index (κ2) is 10.4. The van der Waals surface area contributed by atoms with Gasteiger partial charge >= 0.3 is 5.97 Å². The molecule has 4 aliphatic carbocycles. The van der Waals surface area contributed by atoms with Gasteiger partial charge in [0.25, 0.3) is 0 Å². The Balaban J connectivity index is 1.34. The van der Waals surface area contributed by atoms with E-state index in [9.17, 15) is 20.1 Å². The van der Waals surface area contributed by atoms with Crippen molar-refractivity contribution in [1.29, 1.82) is 0 Å². The minimum atomic E-state index is -0.871. The number of carboxylic acid groups (broad SMARTS) is 1. The van der Waals surface area contributed by atoms with E-state index in [0.29, 0.717) is 47.0 Å². The second-order valence-corrected chi connectivity index (χ2v) is 14.1. The number of carbonyl (C=O) groups is 1. The van der Waals surface area contributed by atoms with Crippen LogP contribution in [0.25, 0.3) is 6.08 Å². The fourth-order valence-electron chi connectivity index (χ4n) is 10.5. The number of aryl methyl sites for hydroxylation is 1. The summed E-state index contributed by atoms with van der Waals surface area (Å²) in [6.45, 7) is 11.6. The van der Waals surface area contributed by atoms with E-state index in [-0.39, 0.29) is 23.0 Å². The van der Waals surface area contributed by atoms with Crippen LogP contribution in [0.3, 0.4) is 0 Å². The number of hydrogen-bond acceptors (Lipinski definition) is 3. The fraction of sp³-hybridized carbons (Fsp3) is 0.735. The summed E-state index contributed by atoms with van der Waals surface area (Å²) >= 11 is 0. The molecule has 4 unspecified atom stereocenters. The van der Waals surface area contributed by atoms with Crippen LogP contribution in [-0.2, 0) is 0 Å². The molecule has 0 aromatic heterocycles. The van der Waals surface area contributed by atoms with Crippen molar-refractivity contribution in [2.45, 2.75) is 105 Å². The van der Waals surface area contributed by atoms with Gasteiger partial charge in [0, 0.05) is 0 Å². The lowest BCUT2D eigenvalue weighted by atomic mass is 9.41. The van der Waals surface area contributed by atoms with Crippen LogP contribution in [0, 0.1) is 59.2 Å². The molecule has 210 valence electrons. The van der Waals surface area contributed by atoms with Gasteiger partial charge in [-0.15, -0.1) is 0 Å². The number of aliphatic hydroxyl groups is 2. The van der Waals surface area contributed by atoms with Crippen molar-refractivity contribution in [3.05, 3.63) is 41.0 Å². The van der Waals surface area contributed by atoms with Crippen molar-refractivity contribution in [3.63, 3.8) is 0 Å². The monoisotopic (exact) mass is 522 g/mol. The number of carboxylic acids is 1. The summed E-state index contributed by atoms with van der Waals surface area (Å²) in [6.07, 6.45) is 13.5. The number of benzene rings is 1. The van der Waals surface area contributed by atoms with Crippen LogP contribution in [0.15, 0.2) is 24.3 Å². The molecule has 4 nitrogen and oxygen atoms in total. The zero-order chi connectivity index (χ0) is 27.4. The highest BCUT2D eigenvalue weighted by Crippen LogP contribution is 2.69. The summed E-state index contributed by atoms with van der Waals surface area (Å²) in [7, 11) is 0. The molecular weight excluding hydrogens is 472 g/mol. The number of aliphatic hydroxyl groups excluding tert-OH is 2.